The molecule has 0 unspecified atom stereocenters. The predicted molar refractivity (Wildman–Crippen MR) is 265 cm³/mol. The molecule has 2 N–H and O–H groups in total. The molecule has 0 atom stereocenters. The summed E-state index contributed by atoms with van der Waals surface area (Å²) in [5, 5.41) is 0. The summed E-state index contributed by atoms with van der Waals surface area (Å²) in [6.07, 6.45) is 41.9. The maximum atomic E-state index is 5.44. The maximum Gasteiger partial charge on any atom is 0.169 e. The summed E-state index contributed by atoms with van der Waals surface area (Å²) in [5.41, 5.74) is 16.1. The first-order chi connectivity index (χ1) is 31.9. The molecule has 0 saturated heterocycles. The Kier molecular flexibility index (Phi) is 13.6. The van der Waals surface area contributed by atoms with Gasteiger partial charge in [-0.05, 0) is 77.2 Å². The monoisotopic (exact) mass is 861 g/mol. The van der Waals surface area contributed by atoms with Gasteiger partial charge in [0.2, 0.25) is 0 Å². The molecule has 0 aliphatic carbocycles. The molecular formula is C57H64N8+4. The number of unbranched alkanes of at least 4 members (excludes halogenated alkanes) is 11. The Morgan fingerprint density at radius 1 is 0.354 bits per heavy atom. The van der Waals surface area contributed by atoms with Gasteiger partial charge in [0.15, 0.2) is 49.6 Å². The highest BCUT2D eigenvalue weighted by atomic mass is 14.9. The number of fused-ring (bicyclic) bond motifs is 8. The van der Waals surface area contributed by atoms with E-state index in [0.29, 0.717) is 0 Å². The SMILES string of the molecule is CCCCCCCCCCCCCC[n+]1ccc(-c2c3ccc([nH]3)c(-c3cc[n+](C)cc3)c3nc(c(-c4cc[n+](C)cc4)c4nc(c(-c5cc[n+](C)cc5)c5ccc2[nH]5)C=C4)C=C3)cc1. The topological polar surface area (TPSA) is 72.9 Å². The van der Waals surface area contributed by atoms with Gasteiger partial charge in [0.25, 0.3) is 0 Å². The molecule has 328 valence electrons. The minimum absolute atomic E-state index is 0.875. The van der Waals surface area contributed by atoms with Crippen LogP contribution in [0.3, 0.4) is 0 Å². The molecule has 0 fully saturated rings. The summed E-state index contributed by atoms with van der Waals surface area (Å²) < 4.78 is 8.54. The number of hydrogen-bond donors (Lipinski definition) is 2. The van der Waals surface area contributed by atoms with Crippen molar-refractivity contribution in [1.82, 2.24) is 19.9 Å². The number of rotatable bonds is 17. The van der Waals surface area contributed by atoms with E-state index in [4.69, 9.17) is 9.97 Å². The van der Waals surface area contributed by atoms with Crippen molar-refractivity contribution in [2.75, 3.05) is 0 Å². The number of aromatic amines is 2. The number of aromatic nitrogens is 8. The first-order valence-electron chi connectivity index (χ1n) is 23.9. The van der Waals surface area contributed by atoms with Crippen LogP contribution in [-0.4, -0.2) is 19.9 Å². The number of hydrogen-bond acceptors (Lipinski definition) is 2. The van der Waals surface area contributed by atoms with E-state index in [-0.39, 0.29) is 0 Å². The largest absolute Gasteiger partial charge is 0.354 e. The van der Waals surface area contributed by atoms with Crippen molar-refractivity contribution in [3.05, 3.63) is 145 Å². The van der Waals surface area contributed by atoms with Crippen molar-refractivity contribution in [2.24, 2.45) is 21.1 Å². The van der Waals surface area contributed by atoms with Gasteiger partial charge in [0.1, 0.15) is 27.7 Å². The Labute approximate surface area is 384 Å². The van der Waals surface area contributed by atoms with E-state index < -0.39 is 0 Å². The van der Waals surface area contributed by atoms with Crippen LogP contribution in [0.2, 0.25) is 0 Å². The summed E-state index contributed by atoms with van der Waals surface area (Å²) in [6, 6.07) is 26.4. The van der Waals surface area contributed by atoms with E-state index in [9.17, 15) is 0 Å². The molecule has 65 heavy (non-hydrogen) atoms. The quantitative estimate of drug-likeness (QED) is 0.0707. The van der Waals surface area contributed by atoms with E-state index in [1.165, 1.54) is 77.0 Å². The van der Waals surface area contributed by atoms with E-state index in [2.05, 4.69) is 196 Å². The molecule has 7 aromatic heterocycles. The van der Waals surface area contributed by atoms with E-state index >= 15 is 0 Å². The Morgan fingerprint density at radius 3 is 1.06 bits per heavy atom. The van der Waals surface area contributed by atoms with Crippen LogP contribution in [0, 0.1) is 0 Å². The molecule has 0 aromatic carbocycles. The summed E-state index contributed by atoms with van der Waals surface area (Å²) in [4.78, 5) is 18.7. The fraction of sp³-hybridized carbons (Fsp3) is 0.298. The lowest BCUT2D eigenvalue weighted by Gasteiger charge is -2.06. The average Bonchev–Trinajstić information content (AvgIpc) is 4.18. The lowest BCUT2D eigenvalue weighted by molar-refractivity contribution is -0.697. The zero-order valence-electron chi connectivity index (χ0n) is 38.7. The molecule has 7 aromatic rings. The first-order valence-corrected chi connectivity index (χ1v) is 23.9. The number of H-pyrrole nitrogens is 2. The van der Waals surface area contributed by atoms with Crippen LogP contribution in [-0.2, 0) is 27.7 Å². The van der Waals surface area contributed by atoms with Gasteiger partial charge in [0.05, 0.1) is 22.8 Å². The van der Waals surface area contributed by atoms with Crippen LogP contribution in [0.25, 0.3) is 90.9 Å². The van der Waals surface area contributed by atoms with Gasteiger partial charge in [-0.2, -0.15) is 0 Å². The summed E-state index contributed by atoms with van der Waals surface area (Å²) >= 11 is 0. The fourth-order valence-corrected chi connectivity index (χ4v) is 9.33. The standard InChI is InChI=1S/C57H63N8/c1-5-6-7-8-9-10-11-12-13-14-15-16-33-65-40-31-45(32-41-65)57-52-23-21-50(60-52)55(43-27-36-63(3)37-28-43)48-19-17-46(58-48)54(42-25-34-62(2)35-26-42)47-18-20-49(59-47)56(51-22-24-53(57)61-51)44-29-38-64(4)39-30-44/h17-32,34-41H,5-16,33H2,1-4H3,(H,58,59,60,61)/q+3/p+1. The van der Waals surface area contributed by atoms with Gasteiger partial charge in [-0.15, -0.1) is 0 Å². The maximum absolute atomic E-state index is 5.44. The second-order valence-electron chi connectivity index (χ2n) is 18.0. The zero-order valence-corrected chi connectivity index (χ0v) is 38.7. The number of pyridine rings is 4. The zero-order chi connectivity index (χ0) is 44.5. The lowest BCUT2D eigenvalue weighted by Crippen LogP contribution is -2.32. The molecule has 8 nitrogen and oxygen atoms in total. The van der Waals surface area contributed by atoms with Gasteiger partial charge in [-0.25, -0.2) is 28.2 Å². The van der Waals surface area contributed by atoms with Gasteiger partial charge >= 0.3 is 0 Å². The Morgan fingerprint density at radius 2 is 0.662 bits per heavy atom. The van der Waals surface area contributed by atoms with E-state index in [0.717, 1.165) is 95.9 Å². The van der Waals surface area contributed by atoms with Gasteiger partial charge in [0, 0.05) is 99.3 Å². The van der Waals surface area contributed by atoms with Crippen LogP contribution in [0.4, 0.5) is 0 Å². The summed E-state index contributed by atoms with van der Waals surface area (Å²) in [6.45, 7) is 3.32. The van der Waals surface area contributed by atoms with E-state index in [1.807, 2.05) is 7.05 Å². The molecule has 0 saturated carbocycles. The van der Waals surface area contributed by atoms with Crippen molar-refractivity contribution in [3.63, 3.8) is 0 Å². The van der Waals surface area contributed by atoms with Crippen LogP contribution >= 0.6 is 0 Å². The molecule has 9 rings (SSSR count). The lowest BCUT2D eigenvalue weighted by atomic mass is 10.0. The third kappa shape index (κ3) is 10.1. The molecule has 0 radical (unpaired) electrons. The Hall–Kier alpha value is -6.80. The predicted octanol–water partition coefficient (Wildman–Crippen LogP) is 11.8. The molecule has 2 aliphatic rings. The van der Waals surface area contributed by atoms with Crippen LogP contribution < -0.4 is 18.3 Å². The molecule has 2 aliphatic heterocycles. The highest BCUT2D eigenvalue weighted by Crippen LogP contribution is 2.38. The van der Waals surface area contributed by atoms with Crippen molar-refractivity contribution >= 4 is 46.4 Å². The van der Waals surface area contributed by atoms with Crippen molar-refractivity contribution in [1.29, 1.82) is 0 Å². The van der Waals surface area contributed by atoms with Crippen molar-refractivity contribution in [2.45, 2.75) is 90.5 Å². The van der Waals surface area contributed by atoms with Gasteiger partial charge in [-0.3, -0.25) is 0 Å². The number of aryl methyl sites for hydroxylation is 4. The van der Waals surface area contributed by atoms with Crippen LogP contribution in [0.5, 0.6) is 0 Å². The highest BCUT2D eigenvalue weighted by Gasteiger charge is 2.21. The molecule has 0 amide bonds. The third-order valence-corrected chi connectivity index (χ3v) is 13.0. The summed E-state index contributed by atoms with van der Waals surface area (Å²) in [5.74, 6) is 0. The fourth-order valence-electron chi connectivity index (χ4n) is 9.33. The minimum atomic E-state index is 0.875. The highest BCUT2D eigenvalue weighted by molar-refractivity contribution is 6.00. The van der Waals surface area contributed by atoms with Gasteiger partial charge < -0.3 is 9.97 Å². The second-order valence-corrected chi connectivity index (χ2v) is 18.0. The number of nitrogens with one attached hydrogen (secondary N) is 2. The number of nitrogens with zero attached hydrogens (tertiary/aromatic N) is 6. The van der Waals surface area contributed by atoms with Crippen molar-refractivity contribution in [3.8, 4) is 44.5 Å². The smallest absolute Gasteiger partial charge is 0.169 e. The van der Waals surface area contributed by atoms with Crippen LogP contribution in [0.1, 0.15) is 107 Å². The Balaban J connectivity index is 1.15. The first kappa shape index (κ1) is 43.5. The third-order valence-electron chi connectivity index (χ3n) is 13.0. The minimum Gasteiger partial charge on any atom is -0.354 e. The summed E-state index contributed by atoms with van der Waals surface area (Å²) in [7, 11) is 6.15. The molecule has 0 spiro atoms. The molecule has 8 heteroatoms. The van der Waals surface area contributed by atoms with Crippen LogP contribution in [0.15, 0.2) is 122 Å². The average molecular weight is 861 g/mol. The Bertz CT molecular complexity index is 2830. The molecule has 9 heterocycles. The van der Waals surface area contributed by atoms with Gasteiger partial charge in [-0.1, -0.05) is 71.1 Å². The second kappa shape index (κ2) is 20.4. The normalized spacial score (nSPS) is 12.1. The van der Waals surface area contributed by atoms with Crippen molar-refractivity contribution < 1.29 is 18.3 Å². The molecule has 8 bridgehead atoms. The van der Waals surface area contributed by atoms with E-state index in [1.54, 1.807) is 0 Å². The molecular weight excluding hydrogens is 797 g/mol.